The van der Waals surface area contributed by atoms with Crippen molar-refractivity contribution >= 4 is 22.0 Å². The summed E-state index contributed by atoms with van der Waals surface area (Å²) in [7, 11) is 0. The smallest absolute Gasteiger partial charge is 0.408 e. The molecule has 1 aromatic rings. The van der Waals surface area contributed by atoms with E-state index < -0.39 is 17.2 Å². The highest BCUT2D eigenvalue weighted by Crippen LogP contribution is 2.37. The molecule has 0 heterocycles. The van der Waals surface area contributed by atoms with E-state index in [2.05, 4.69) is 27.3 Å². The summed E-state index contributed by atoms with van der Waals surface area (Å²) >= 11 is 3.36. The summed E-state index contributed by atoms with van der Waals surface area (Å²) in [6, 6.07) is 7.33. The number of nitriles is 1. The van der Waals surface area contributed by atoms with Gasteiger partial charge in [0.05, 0.1) is 11.1 Å². The van der Waals surface area contributed by atoms with Gasteiger partial charge in [0, 0.05) is 4.47 Å². The van der Waals surface area contributed by atoms with Crippen molar-refractivity contribution in [2.24, 2.45) is 0 Å². The number of alkyl carbamates (subject to hydrolysis) is 1. The Labute approximate surface area is 138 Å². The number of rotatable bonds is 4. The molecular weight excluding hydrogens is 348 g/mol. The SMILES string of the molecule is CC(C)(C)OC(=O)NC1(COc2cc(Br)ccc2C#N)CC1. The average Bonchev–Trinajstić information content (AvgIpc) is 3.14. The lowest BCUT2D eigenvalue weighted by Gasteiger charge is -2.23. The van der Waals surface area contributed by atoms with Crippen LogP contribution < -0.4 is 10.1 Å². The van der Waals surface area contributed by atoms with Crippen molar-refractivity contribution in [3.63, 3.8) is 0 Å². The molecule has 2 rings (SSSR count). The van der Waals surface area contributed by atoms with Gasteiger partial charge in [-0.05, 0) is 51.8 Å². The first-order valence-electron chi connectivity index (χ1n) is 7.07. The van der Waals surface area contributed by atoms with E-state index in [-0.39, 0.29) is 0 Å². The Kier molecular flexibility index (Phi) is 4.66. The van der Waals surface area contributed by atoms with Crippen molar-refractivity contribution in [1.29, 1.82) is 5.26 Å². The van der Waals surface area contributed by atoms with Gasteiger partial charge in [-0.25, -0.2) is 4.79 Å². The molecule has 0 bridgehead atoms. The number of carbonyl (C=O) groups excluding carboxylic acids is 1. The van der Waals surface area contributed by atoms with E-state index in [4.69, 9.17) is 14.7 Å². The van der Waals surface area contributed by atoms with Gasteiger partial charge < -0.3 is 14.8 Å². The van der Waals surface area contributed by atoms with Crippen LogP contribution in [0.4, 0.5) is 4.79 Å². The molecule has 5 nitrogen and oxygen atoms in total. The van der Waals surface area contributed by atoms with Crippen LogP contribution in [0.1, 0.15) is 39.2 Å². The maximum atomic E-state index is 11.9. The molecule has 1 aromatic carbocycles. The molecule has 0 atom stereocenters. The molecule has 1 amide bonds. The average molecular weight is 367 g/mol. The fourth-order valence-electron chi connectivity index (χ4n) is 1.90. The summed E-state index contributed by atoms with van der Waals surface area (Å²) < 4.78 is 11.8. The Hall–Kier alpha value is -1.74. The molecule has 1 N–H and O–H groups in total. The quantitative estimate of drug-likeness (QED) is 0.880. The fraction of sp³-hybridized carbons (Fsp3) is 0.500. The largest absolute Gasteiger partial charge is 0.490 e. The molecule has 0 spiro atoms. The summed E-state index contributed by atoms with van der Waals surface area (Å²) in [5.41, 5.74) is -0.451. The highest BCUT2D eigenvalue weighted by atomic mass is 79.9. The second-order valence-electron chi connectivity index (χ2n) is 6.45. The summed E-state index contributed by atoms with van der Waals surface area (Å²) in [6.45, 7) is 5.79. The molecule has 1 aliphatic rings. The normalized spacial score (nSPS) is 15.6. The first kappa shape index (κ1) is 16.6. The van der Waals surface area contributed by atoms with E-state index >= 15 is 0 Å². The minimum Gasteiger partial charge on any atom is -0.490 e. The number of nitrogens with zero attached hydrogens (tertiary/aromatic N) is 1. The lowest BCUT2D eigenvalue weighted by molar-refractivity contribution is 0.0477. The van der Waals surface area contributed by atoms with Crippen LogP contribution in [-0.2, 0) is 4.74 Å². The van der Waals surface area contributed by atoms with Gasteiger partial charge >= 0.3 is 6.09 Å². The highest BCUT2D eigenvalue weighted by molar-refractivity contribution is 9.10. The summed E-state index contributed by atoms with van der Waals surface area (Å²) in [5.74, 6) is 0.508. The van der Waals surface area contributed by atoms with Crippen LogP contribution in [-0.4, -0.2) is 23.8 Å². The molecule has 0 aliphatic heterocycles. The van der Waals surface area contributed by atoms with Crippen LogP contribution in [0.2, 0.25) is 0 Å². The molecule has 118 valence electrons. The Morgan fingerprint density at radius 1 is 1.45 bits per heavy atom. The Bertz CT molecular complexity index is 613. The molecule has 1 fully saturated rings. The predicted molar refractivity (Wildman–Crippen MR) is 85.7 cm³/mol. The Morgan fingerprint density at radius 3 is 2.68 bits per heavy atom. The molecule has 1 aliphatic carbocycles. The first-order valence-corrected chi connectivity index (χ1v) is 7.86. The van der Waals surface area contributed by atoms with Gasteiger partial charge in [0.2, 0.25) is 0 Å². The van der Waals surface area contributed by atoms with Crippen molar-refractivity contribution in [1.82, 2.24) is 5.32 Å². The summed E-state index contributed by atoms with van der Waals surface area (Å²) in [5, 5.41) is 12.0. The zero-order valence-electron chi connectivity index (χ0n) is 12.9. The highest BCUT2D eigenvalue weighted by Gasteiger charge is 2.46. The second-order valence-corrected chi connectivity index (χ2v) is 7.36. The van der Waals surface area contributed by atoms with Crippen molar-refractivity contribution in [3.05, 3.63) is 28.2 Å². The third kappa shape index (κ3) is 4.63. The molecule has 0 unspecified atom stereocenters. The maximum Gasteiger partial charge on any atom is 0.408 e. The third-order valence-corrected chi connectivity index (χ3v) is 3.68. The molecule has 1 saturated carbocycles. The van der Waals surface area contributed by atoms with Crippen LogP contribution in [0.15, 0.2) is 22.7 Å². The summed E-state index contributed by atoms with van der Waals surface area (Å²) in [6.07, 6.45) is 1.23. The van der Waals surface area contributed by atoms with Gasteiger partial charge in [-0.15, -0.1) is 0 Å². The molecule has 0 aromatic heterocycles. The van der Waals surface area contributed by atoms with Crippen LogP contribution in [0.5, 0.6) is 5.75 Å². The zero-order valence-corrected chi connectivity index (χ0v) is 14.5. The van der Waals surface area contributed by atoms with Crippen LogP contribution in [0, 0.1) is 11.3 Å². The molecule has 0 radical (unpaired) electrons. The van der Waals surface area contributed by atoms with Crippen molar-refractivity contribution in [2.45, 2.75) is 44.8 Å². The number of ether oxygens (including phenoxy) is 2. The molecular formula is C16H19BrN2O3. The van der Waals surface area contributed by atoms with Gasteiger partial charge in [0.1, 0.15) is 24.0 Å². The van der Waals surface area contributed by atoms with E-state index in [1.165, 1.54) is 0 Å². The van der Waals surface area contributed by atoms with Crippen molar-refractivity contribution < 1.29 is 14.3 Å². The van der Waals surface area contributed by atoms with E-state index in [0.29, 0.717) is 17.9 Å². The minimum absolute atomic E-state index is 0.317. The van der Waals surface area contributed by atoms with E-state index in [1.807, 2.05) is 20.8 Å². The van der Waals surface area contributed by atoms with Gasteiger partial charge in [-0.3, -0.25) is 0 Å². The Balaban J connectivity index is 1.96. The number of nitrogens with one attached hydrogen (secondary N) is 1. The van der Waals surface area contributed by atoms with Crippen LogP contribution in [0.3, 0.4) is 0 Å². The number of hydrogen-bond acceptors (Lipinski definition) is 4. The second kappa shape index (κ2) is 6.17. The van der Waals surface area contributed by atoms with E-state index in [1.54, 1.807) is 18.2 Å². The number of hydrogen-bond donors (Lipinski definition) is 1. The fourth-order valence-corrected chi connectivity index (χ4v) is 2.24. The lowest BCUT2D eigenvalue weighted by atomic mass is 10.2. The van der Waals surface area contributed by atoms with Crippen molar-refractivity contribution in [3.8, 4) is 11.8 Å². The number of halogens is 1. The topological polar surface area (TPSA) is 71.3 Å². The molecule has 22 heavy (non-hydrogen) atoms. The number of carbonyl (C=O) groups is 1. The van der Waals surface area contributed by atoms with Gasteiger partial charge in [-0.1, -0.05) is 15.9 Å². The zero-order chi connectivity index (χ0) is 16.4. The third-order valence-electron chi connectivity index (χ3n) is 3.19. The standard InChI is InChI=1S/C16H19BrN2O3/c1-15(2,3)22-14(20)19-16(6-7-16)10-21-13-8-12(17)5-4-11(13)9-18/h4-5,8H,6-7,10H2,1-3H3,(H,19,20). The summed E-state index contributed by atoms with van der Waals surface area (Å²) in [4.78, 5) is 11.9. The molecule has 0 saturated heterocycles. The van der Waals surface area contributed by atoms with Gasteiger partial charge in [0.15, 0.2) is 0 Å². The van der Waals surface area contributed by atoms with Gasteiger partial charge in [-0.2, -0.15) is 5.26 Å². The number of amides is 1. The monoisotopic (exact) mass is 366 g/mol. The lowest BCUT2D eigenvalue weighted by Crippen LogP contribution is -2.44. The van der Waals surface area contributed by atoms with Crippen LogP contribution >= 0.6 is 15.9 Å². The van der Waals surface area contributed by atoms with Crippen molar-refractivity contribution in [2.75, 3.05) is 6.61 Å². The van der Waals surface area contributed by atoms with E-state index in [9.17, 15) is 4.79 Å². The first-order chi connectivity index (χ1) is 10.2. The number of benzene rings is 1. The van der Waals surface area contributed by atoms with Crippen LogP contribution in [0.25, 0.3) is 0 Å². The van der Waals surface area contributed by atoms with Gasteiger partial charge in [0.25, 0.3) is 0 Å². The maximum absolute atomic E-state index is 11.9. The predicted octanol–water partition coefficient (Wildman–Crippen LogP) is 3.76. The van der Waals surface area contributed by atoms with E-state index in [0.717, 1.165) is 17.3 Å². The minimum atomic E-state index is -0.528. The Morgan fingerprint density at radius 2 is 2.14 bits per heavy atom. The molecule has 6 heteroatoms.